The monoisotopic (exact) mass is 358 g/mol. The van der Waals surface area contributed by atoms with Crippen molar-refractivity contribution in [3.05, 3.63) is 24.3 Å². The second kappa shape index (κ2) is 7.43. The summed E-state index contributed by atoms with van der Waals surface area (Å²) in [5.41, 5.74) is 0.460. The lowest BCUT2D eigenvalue weighted by Crippen LogP contribution is -2.46. The summed E-state index contributed by atoms with van der Waals surface area (Å²) in [5, 5.41) is 2.86. The van der Waals surface area contributed by atoms with Crippen LogP contribution < -0.4 is 14.9 Å². The quantitative estimate of drug-likeness (QED) is 0.766. The summed E-state index contributed by atoms with van der Waals surface area (Å²) in [5.74, 6) is -0.369. The first-order chi connectivity index (χ1) is 11.2. The van der Waals surface area contributed by atoms with E-state index in [1.165, 1.54) is 12.4 Å². The number of nitrogens with one attached hydrogen (secondary N) is 2. The van der Waals surface area contributed by atoms with Crippen molar-refractivity contribution < 1.29 is 17.6 Å². The van der Waals surface area contributed by atoms with E-state index in [1.54, 1.807) is 6.07 Å². The summed E-state index contributed by atoms with van der Waals surface area (Å²) in [6, 6.07) is 1.44. The first kappa shape index (κ1) is 18.6. The van der Waals surface area contributed by atoms with Gasteiger partial charge in [0.15, 0.2) is 5.82 Å². The largest absolute Gasteiger partial charge is 0.367 e. The van der Waals surface area contributed by atoms with Crippen molar-refractivity contribution in [3.63, 3.8) is 0 Å². The zero-order chi connectivity index (χ0) is 17.9. The van der Waals surface area contributed by atoms with E-state index in [1.807, 2.05) is 18.7 Å². The first-order valence-corrected chi connectivity index (χ1v) is 9.65. The fourth-order valence-electron chi connectivity index (χ4n) is 2.93. The molecule has 2 atom stereocenters. The molecule has 9 heteroatoms. The predicted octanol–water partition coefficient (Wildman–Crippen LogP) is 0.347. The van der Waals surface area contributed by atoms with Gasteiger partial charge in [-0.1, -0.05) is 13.8 Å². The number of aromatic nitrogens is 1. The van der Waals surface area contributed by atoms with Crippen LogP contribution in [0, 0.1) is 17.7 Å². The molecule has 1 saturated heterocycles. The van der Waals surface area contributed by atoms with Gasteiger partial charge in [-0.3, -0.25) is 9.78 Å². The van der Waals surface area contributed by atoms with Crippen LogP contribution in [0.3, 0.4) is 0 Å². The topological polar surface area (TPSA) is 91.4 Å². The smallest absolute Gasteiger partial charge is 0.235 e. The number of anilines is 1. The highest BCUT2D eigenvalue weighted by atomic mass is 32.2. The van der Waals surface area contributed by atoms with Gasteiger partial charge in [0.1, 0.15) is 0 Å². The minimum Gasteiger partial charge on any atom is -0.367 e. The molecule has 1 aliphatic rings. The number of carbonyl (C=O) groups excluding carboxylic acids is 1. The summed E-state index contributed by atoms with van der Waals surface area (Å²) in [6.45, 7) is 4.87. The third-order valence-corrected chi connectivity index (χ3v) is 4.82. The predicted molar refractivity (Wildman–Crippen MR) is 89.5 cm³/mol. The maximum Gasteiger partial charge on any atom is 0.235 e. The van der Waals surface area contributed by atoms with E-state index in [2.05, 4.69) is 15.0 Å². The van der Waals surface area contributed by atoms with E-state index in [-0.39, 0.29) is 24.4 Å². The Morgan fingerprint density at radius 3 is 2.75 bits per heavy atom. The van der Waals surface area contributed by atoms with Crippen LogP contribution in [0.15, 0.2) is 18.5 Å². The fourth-order valence-corrected chi connectivity index (χ4v) is 3.33. The molecular formula is C15H23FN4O3S. The Hall–Kier alpha value is -1.74. The Bertz CT molecular complexity index is 696. The molecule has 2 rings (SSSR count). The third-order valence-electron chi connectivity index (χ3n) is 4.15. The van der Waals surface area contributed by atoms with Crippen molar-refractivity contribution in [1.29, 1.82) is 0 Å². The normalized spacial score (nSPS) is 21.3. The molecule has 1 aromatic heterocycles. The second-order valence-corrected chi connectivity index (χ2v) is 8.24. The minimum absolute atomic E-state index is 0.139. The molecule has 134 valence electrons. The Kier molecular flexibility index (Phi) is 5.76. The van der Waals surface area contributed by atoms with Gasteiger partial charge in [-0.2, -0.15) is 0 Å². The number of amides is 1. The molecule has 0 radical (unpaired) electrons. The van der Waals surface area contributed by atoms with Crippen molar-refractivity contribution in [2.45, 2.75) is 19.9 Å². The molecule has 0 spiro atoms. The van der Waals surface area contributed by atoms with Crippen molar-refractivity contribution in [3.8, 4) is 0 Å². The minimum atomic E-state index is -3.42. The van der Waals surface area contributed by atoms with Crippen molar-refractivity contribution >= 4 is 21.6 Å². The molecular weight excluding hydrogens is 335 g/mol. The molecule has 0 aromatic carbocycles. The van der Waals surface area contributed by atoms with Crippen molar-refractivity contribution in [2.24, 2.45) is 11.8 Å². The van der Waals surface area contributed by atoms with Crippen LogP contribution in [0.1, 0.15) is 13.8 Å². The number of pyridine rings is 1. The lowest BCUT2D eigenvalue weighted by Gasteiger charge is -2.22. The van der Waals surface area contributed by atoms with Gasteiger partial charge in [0.2, 0.25) is 15.9 Å². The van der Waals surface area contributed by atoms with Crippen LogP contribution in [0.5, 0.6) is 0 Å². The molecule has 2 N–H and O–H groups in total. The van der Waals surface area contributed by atoms with Crippen LogP contribution in [0.2, 0.25) is 0 Å². The Morgan fingerprint density at radius 2 is 2.17 bits per heavy atom. The number of halogens is 1. The molecule has 1 amide bonds. The van der Waals surface area contributed by atoms with Crippen LogP contribution in [-0.2, 0) is 14.8 Å². The van der Waals surface area contributed by atoms with E-state index in [0.717, 1.165) is 6.26 Å². The summed E-state index contributed by atoms with van der Waals surface area (Å²) in [4.78, 5) is 17.6. The van der Waals surface area contributed by atoms with Gasteiger partial charge in [0.25, 0.3) is 0 Å². The van der Waals surface area contributed by atoms with E-state index < -0.39 is 21.7 Å². The van der Waals surface area contributed by atoms with E-state index in [4.69, 9.17) is 0 Å². The van der Waals surface area contributed by atoms with Gasteiger partial charge in [0, 0.05) is 25.2 Å². The van der Waals surface area contributed by atoms with E-state index in [0.29, 0.717) is 18.8 Å². The second-order valence-electron chi connectivity index (χ2n) is 6.41. The zero-order valence-corrected chi connectivity index (χ0v) is 14.8. The third kappa shape index (κ3) is 4.88. The maximum absolute atomic E-state index is 13.9. The van der Waals surface area contributed by atoms with Gasteiger partial charge < -0.3 is 10.2 Å². The number of nitrogens with zero attached hydrogens (tertiary/aromatic N) is 2. The molecule has 0 saturated carbocycles. The summed E-state index contributed by atoms with van der Waals surface area (Å²) >= 11 is 0. The van der Waals surface area contributed by atoms with E-state index >= 15 is 0 Å². The molecule has 1 aromatic rings. The fraction of sp³-hybridized carbons (Fsp3) is 0.600. The SMILES string of the molecule is CC(C)[C@H]1CN(c2ccncc2F)C[C@@H]1NC(=O)CNS(C)(=O)=O. The Labute approximate surface area is 141 Å². The number of hydrogen-bond donors (Lipinski definition) is 2. The molecule has 24 heavy (non-hydrogen) atoms. The number of sulfonamides is 1. The number of hydrogen-bond acceptors (Lipinski definition) is 5. The highest BCUT2D eigenvalue weighted by molar-refractivity contribution is 7.88. The highest BCUT2D eigenvalue weighted by Gasteiger charge is 2.36. The van der Waals surface area contributed by atoms with Crippen LogP contribution in [0.4, 0.5) is 10.1 Å². The highest BCUT2D eigenvalue weighted by Crippen LogP contribution is 2.29. The summed E-state index contributed by atoms with van der Waals surface area (Å²) in [7, 11) is -3.42. The first-order valence-electron chi connectivity index (χ1n) is 7.76. The van der Waals surface area contributed by atoms with Crippen molar-refractivity contribution in [2.75, 3.05) is 30.8 Å². The average Bonchev–Trinajstić information content (AvgIpc) is 2.89. The molecule has 1 aliphatic heterocycles. The Morgan fingerprint density at radius 1 is 1.46 bits per heavy atom. The molecule has 0 unspecified atom stereocenters. The van der Waals surface area contributed by atoms with Gasteiger partial charge in [-0.25, -0.2) is 17.5 Å². The lowest BCUT2D eigenvalue weighted by atomic mass is 9.91. The van der Waals surface area contributed by atoms with Gasteiger partial charge in [-0.15, -0.1) is 0 Å². The van der Waals surface area contributed by atoms with Gasteiger partial charge in [-0.05, 0) is 12.0 Å². The lowest BCUT2D eigenvalue weighted by molar-refractivity contribution is -0.120. The number of carbonyl (C=O) groups is 1. The van der Waals surface area contributed by atoms with E-state index in [9.17, 15) is 17.6 Å². The Balaban J connectivity index is 2.05. The standard InChI is InChI=1S/C15H23FN4O3S/c1-10(2)11-8-20(14-4-5-17-6-12(14)16)9-13(11)19-15(21)7-18-24(3,22)23/h4-6,10-11,13,18H,7-9H2,1-3H3,(H,19,21)/t11-,13+/m1/s1. The zero-order valence-electron chi connectivity index (χ0n) is 14.0. The van der Waals surface area contributed by atoms with Crippen LogP contribution >= 0.6 is 0 Å². The molecule has 0 bridgehead atoms. The van der Waals surface area contributed by atoms with Gasteiger partial charge >= 0.3 is 0 Å². The number of rotatable bonds is 6. The molecule has 7 nitrogen and oxygen atoms in total. The van der Waals surface area contributed by atoms with Crippen LogP contribution in [-0.4, -0.2) is 51.2 Å². The van der Waals surface area contributed by atoms with Crippen LogP contribution in [0.25, 0.3) is 0 Å². The maximum atomic E-state index is 13.9. The molecule has 1 fully saturated rings. The van der Waals surface area contributed by atoms with Crippen molar-refractivity contribution in [1.82, 2.24) is 15.0 Å². The summed E-state index contributed by atoms with van der Waals surface area (Å²) < 4.78 is 38.3. The summed E-state index contributed by atoms with van der Waals surface area (Å²) in [6.07, 6.45) is 3.70. The average molecular weight is 358 g/mol. The van der Waals surface area contributed by atoms with Gasteiger partial charge in [0.05, 0.1) is 30.7 Å². The molecule has 2 heterocycles. The molecule has 0 aliphatic carbocycles.